The molecule has 1 aromatic heterocycles. The molecule has 1 N–H and O–H groups in total. The molecule has 2 aromatic carbocycles. The number of pyridine rings is 1. The molecule has 34 heavy (non-hydrogen) atoms. The number of hydrogen-bond acceptors (Lipinski definition) is 5. The summed E-state index contributed by atoms with van der Waals surface area (Å²) in [5.74, 6) is 0.910. The molecule has 0 atom stereocenters. The number of fused-ring (bicyclic) bond motifs is 1. The summed E-state index contributed by atoms with van der Waals surface area (Å²) in [5, 5.41) is 2.92. The number of aromatic nitrogens is 1. The molecule has 2 heterocycles. The summed E-state index contributed by atoms with van der Waals surface area (Å²) in [7, 11) is 0. The minimum absolute atomic E-state index is 0.0413. The highest BCUT2D eigenvalue weighted by molar-refractivity contribution is 6.01. The van der Waals surface area contributed by atoms with Gasteiger partial charge in [-0.15, -0.1) is 8.78 Å². The zero-order valence-corrected chi connectivity index (χ0v) is 19.1. The Hall–Kier alpha value is -3.68. The van der Waals surface area contributed by atoms with Crippen LogP contribution in [0.25, 0.3) is 11.3 Å². The molecule has 1 saturated carbocycles. The zero-order valence-electron chi connectivity index (χ0n) is 19.1. The Kier molecular flexibility index (Phi) is 5.19. The molecule has 8 heteroatoms. The summed E-state index contributed by atoms with van der Waals surface area (Å²) >= 11 is 0. The molecule has 0 unspecified atom stereocenters. The Morgan fingerprint density at radius 1 is 1.03 bits per heavy atom. The predicted octanol–water partition coefficient (Wildman–Crippen LogP) is 5.76. The number of aryl methyl sites for hydroxylation is 2. The maximum absolute atomic E-state index is 13.4. The molecule has 0 spiro atoms. The molecule has 3 aromatic rings. The summed E-state index contributed by atoms with van der Waals surface area (Å²) in [6.07, 6.45) is -2.49. The van der Waals surface area contributed by atoms with Crippen LogP contribution in [-0.4, -0.2) is 23.8 Å². The second-order valence-electron chi connectivity index (χ2n) is 8.64. The van der Waals surface area contributed by atoms with Gasteiger partial charge in [0, 0.05) is 5.56 Å². The van der Waals surface area contributed by atoms with Crippen molar-refractivity contribution in [2.75, 3.05) is 11.9 Å². The average molecular weight is 466 g/mol. The number of amides is 1. The number of benzene rings is 2. The van der Waals surface area contributed by atoms with Crippen molar-refractivity contribution in [2.45, 2.75) is 45.3 Å². The Morgan fingerprint density at radius 2 is 1.79 bits per heavy atom. The van der Waals surface area contributed by atoms with Crippen LogP contribution in [0.5, 0.6) is 17.2 Å². The molecule has 0 bridgehead atoms. The van der Waals surface area contributed by atoms with E-state index in [1.807, 2.05) is 45.0 Å². The Labute approximate surface area is 195 Å². The third kappa shape index (κ3) is 3.93. The topological polar surface area (TPSA) is 69.7 Å². The lowest BCUT2D eigenvalue weighted by molar-refractivity contribution is -0.286. The minimum Gasteiger partial charge on any atom is -0.494 e. The van der Waals surface area contributed by atoms with E-state index in [1.165, 1.54) is 12.1 Å². The van der Waals surface area contributed by atoms with Gasteiger partial charge in [0.25, 0.3) is 0 Å². The first-order valence-electron chi connectivity index (χ1n) is 11.1. The van der Waals surface area contributed by atoms with E-state index in [2.05, 4.69) is 14.8 Å². The number of nitrogens with one attached hydrogen (secondary N) is 1. The maximum atomic E-state index is 13.4. The van der Waals surface area contributed by atoms with Crippen molar-refractivity contribution in [2.24, 2.45) is 0 Å². The van der Waals surface area contributed by atoms with Crippen LogP contribution in [0.3, 0.4) is 0 Å². The van der Waals surface area contributed by atoms with Crippen LogP contribution in [0.4, 0.5) is 14.6 Å². The fourth-order valence-electron chi connectivity index (χ4n) is 4.26. The van der Waals surface area contributed by atoms with E-state index in [9.17, 15) is 13.6 Å². The number of carbonyl (C=O) groups excluding carboxylic acids is 1. The Balaban J connectivity index is 1.38. The van der Waals surface area contributed by atoms with Crippen molar-refractivity contribution in [3.8, 4) is 28.5 Å². The van der Waals surface area contributed by atoms with Crippen LogP contribution in [-0.2, 0) is 10.2 Å². The first-order valence-corrected chi connectivity index (χ1v) is 11.1. The number of nitrogens with zero attached hydrogens (tertiary/aromatic N) is 1. The van der Waals surface area contributed by atoms with Gasteiger partial charge in [0.1, 0.15) is 11.6 Å². The summed E-state index contributed by atoms with van der Waals surface area (Å²) in [6, 6.07) is 14.0. The van der Waals surface area contributed by atoms with Gasteiger partial charge < -0.3 is 19.5 Å². The molecule has 6 nitrogen and oxygen atoms in total. The van der Waals surface area contributed by atoms with Crippen molar-refractivity contribution in [3.63, 3.8) is 0 Å². The molecule has 1 amide bonds. The number of hydrogen-bond donors (Lipinski definition) is 1. The van der Waals surface area contributed by atoms with Crippen LogP contribution in [0, 0.1) is 13.8 Å². The van der Waals surface area contributed by atoms with Gasteiger partial charge in [0.15, 0.2) is 11.5 Å². The molecule has 176 valence electrons. The van der Waals surface area contributed by atoms with Crippen LogP contribution in [0.15, 0.2) is 48.5 Å². The van der Waals surface area contributed by atoms with E-state index in [1.54, 1.807) is 12.1 Å². The van der Waals surface area contributed by atoms with Crippen molar-refractivity contribution < 1.29 is 27.8 Å². The van der Waals surface area contributed by atoms with Crippen molar-refractivity contribution in [1.82, 2.24) is 4.98 Å². The van der Waals surface area contributed by atoms with Gasteiger partial charge in [-0.05, 0) is 86.7 Å². The maximum Gasteiger partial charge on any atom is 0.586 e. The molecule has 1 aliphatic carbocycles. The van der Waals surface area contributed by atoms with Crippen molar-refractivity contribution in [1.29, 1.82) is 0 Å². The second-order valence-corrected chi connectivity index (χ2v) is 8.64. The third-order valence-electron chi connectivity index (χ3n) is 6.23. The highest BCUT2D eigenvalue weighted by atomic mass is 19.3. The van der Waals surface area contributed by atoms with Gasteiger partial charge in [-0.1, -0.05) is 12.1 Å². The van der Waals surface area contributed by atoms with E-state index < -0.39 is 11.7 Å². The molecule has 0 radical (unpaired) electrons. The summed E-state index contributed by atoms with van der Waals surface area (Å²) in [5.41, 5.74) is 3.46. The smallest absolute Gasteiger partial charge is 0.494 e. The van der Waals surface area contributed by atoms with E-state index in [0.717, 1.165) is 28.1 Å². The Morgan fingerprint density at radius 3 is 2.50 bits per heavy atom. The minimum atomic E-state index is -3.69. The number of ether oxygens (including phenoxy) is 3. The molecule has 1 aliphatic heterocycles. The van der Waals surface area contributed by atoms with E-state index >= 15 is 0 Å². The molecule has 1 fully saturated rings. The number of anilines is 1. The first-order chi connectivity index (χ1) is 16.2. The molecular formula is C26H24F2N2O4. The Bertz CT molecular complexity index is 1290. The molecule has 0 saturated heterocycles. The number of halogens is 2. The standard InChI is InChI=1S/C26H24F2N2O4/c1-4-32-19-8-6-17(13-16(19)3)23-15(2)5-10-22(29-23)30-24(31)25(11-12-25)18-7-9-20-21(14-18)34-26(27,28)33-20/h5-10,13-14H,4,11-12H2,1-3H3,(H,29,30,31). The number of rotatable bonds is 6. The van der Waals surface area contributed by atoms with Gasteiger partial charge >= 0.3 is 6.29 Å². The highest BCUT2D eigenvalue weighted by Gasteiger charge is 2.53. The fraction of sp³-hybridized carbons (Fsp3) is 0.308. The van der Waals surface area contributed by atoms with E-state index in [-0.39, 0.29) is 17.4 Å². The fourth-order valence-corrected chi connectivity index (χ4v) is 4.26. The van der Waals surface area contributed by atoms with Crippen LogP contribution < -0.4 is 19.5 Å². The van der Waals surface area contributed by atoms with Gasteiger partial charge in [0.05, 0.1) is 17.7 Å². The van der Waals surface area contributed by atoms with Gasteiger partial charge in [-0.25, -0.2) is 4.98 Å². The quantitative estimate of drug-likeness (QED) is 0.501. The largest absolute Gasteiger partial charge is 0.586 e. The SMILES string of the molecule is CCOc1ccc(-c2nc(NC(=O)C3(c4ccc5c(c4)OC(F)(F)O5)CC3)ccc2C)cc1C. The van der Waals surface area contributed by atoms with Gasteiger partial charge in [-0.3, -0.25) is 4.79 Å². The lowest BCUT2D eigenvalue weighted by Crippen LogP contribution is -2.28. The molecular weight excluding hydrogens is 442 g/mol. The normalized spacial score (nSPS) is 16.7. The third-order valence-corrected chi connectivity index (χ3v) is 6.23. The zero-order chi connectivity index (χ0) is 24.1. The van der Waals surface area contributed by atoms with Crippen LogP contribution in [0.1, 0.15) is 36.5 Å². The molecule has 2 aliphatic rings. The van der Waals surface area contributed by atoms with E-state index in [0.29, 0.717) is 30.8 Å². The second kappa shape index (κ2) is 7.97. The van der Waals surface area contributed by atoms with Crippen molar-refractivity contribution in [3.05, 3.63) is 65.2 Å². The van der Waals surface area contributed by atoms with E-state index in [4.69, 9.17) is 9.72 Å². The number of alkyl halides is 2. The van der Waals surface area contributed by atoms with Crippen LogP contribution in [0.2, 0.25) is 0 Å². The average Bonchev–Trinajstić information content (AvgIpc) is 3.54. The highest BCUT2D eigenvalue weighted by Crippen LogP contribution is 2.52. The summed E-state index contributed by atoms with van der Waals surface area (Å²) < 4.78 is 41.4. The first kappa shape index (κ1) is 22.1. The van der Waals surface area contributed by atoms with Crippen LogP contribution >= 0.6 is 0 Å². The van der Waals surface area contributed by atoms with Gasteiger partial charge in [0.2, 0.25) is 5.91 Å². The predicted molar refractivity (Wildman–Crippen MR) is 123 cm³/mol. The lowest BCUT2D eigenvalue weighted by Gasteiger charge is -2.17. The van der Waals surface area contributed by atoms with Crippen molar-refractivity contribution >= 4 is 11.7 Å². The van der Waals surface area contributed by atoms with Gasteiger partial charge in [-0.2, -0.15) is 0 Å². The monoisotopic (exact) mass is 466 g/mol. The lowest BCUT2D eigenvalue weighted by atomic mass is 9.94. The number of carbonyl (C=O) groups is 1. The summed E-state index contributed by atoms with van der Waals surface area (Å²) in [6.45, 7) is 6.47. The molecule has 5 rings (SSSR count). The summed E-state index contributed by atoms with van der Waals surface area (Å²) in [4.78, 5) is 17.9.